The average molecular weight is 429 g/mol. The summed E-state index contributed by atoms with van der Waals surface area (Å²) in [6.07, 6.45) is 0.697. The summed E-state index contributed by atoms with van der Waals surface area (Å²) < 4.78 is 1.05. The molecule has 2 N–H and O–H groups in total. The highest BCUT2D eigenvalue weighted by atomic mass is 79.9. The zero-order valence-electron chi connectivity index (χ0n) is 15.0. The van der Waals surface area contributed by atoms with Crippen LogP contribution in [0.3, 0.4) is 0 Å². The SMILES string of the molecule is Brc1ccc(C2=C(c3nc4ccccc4[nH]3)CC(c3ccccc3)=NN2)cc1. The monoisotopic (exact) mass is 428 g/mol. The molecule has 0 saturated carbocycles. The number of halogens is 1. The van der Waals surface area contributed by atoms with Crippen molar-refractivity contribution in [2.75, 3.05) is 0 Å². The molecule has 5 heteroatoms. The zero-order valence-corrected chi connectivity index (χ0v) is 16.6. The molecule has 136 valence electrons. The first-order chi connectivity index (χ1) is 13.8. The van der Waals surface area contributed by atoms with Gasteiger partial charge in [0.05, 0.1) is 22.4 Å². The molecule has 5 rings (SSSR count). The second-order valence-electron chi connectivity index (χ2n) is 6.68. The van der Waals surface area contributed by atoms with Crippen molar-refractivity contribution >= 4 is 43.9 Å². The van der Waals surface area contributed by atoms with Crippen LogP contribution in [0.5, 0.6) is 0 Å². The van der Waals surface area contributed by atoms with Crippen LogP contribution in [0.1, 0.15) is 23.4 Å². The van der Waals surface area contributed by atoms with Crippen molar-refractivity contribution < 1.29 is 0 Å². The van der Waals surface area contributed by atoms with Gasteiger partial charge in [0.15, 0.2) is 0 Å². The number of allylic oxidation sites excluding steroid dienone is 1. The number of imidazole rings is 1. The summed E-state index contributed by atoms with van der Waals surface area (Å²) in [6.45, 7) is 0. The maximum absolute atomic E-state index is 4.84. The summed E-state index contributed by atoms with van der Waals surface area (Å²) >= 11 is 3.51. The van der Waals surface area contributed by atoms with Gasteiger partial charge < -0.3 is 4.98 Å². The van der Waals surface area contributed by atoms with Crippen molar-refractivity contribution in [1.82, 2.24) is 15.4 Å². The van der Waals surface area contributed by atoms with E-state index in [9.17, 15) is 0 Å². The lowest BCUT2D eigenvalue weighted by Crippen LogP contribution is -2.19. The molecule has 0 bridgehead atoms. The number of hydrazone groups is 1. The second-order valence-corrected chi connectivity index (χ2v) is 7.59. The normalized spacial score (nSPS) is 14.1. The van der Waals surface area contributed by atoms with Gasteiger partial charge in [-0.1, -0.05) is 70.5 Å². The molecule has 0 atom stereocenters. The Morgan fingerprint density at radius 1 is 0.786 bits per heavy atom. The standard InChI is InChI=1S/C23H17BrN4/c24-17-12-10-16(11-13-17)22-18(23-25-19-8-4-5-9-20(19)26-23)14-21(27-28-22)15-6-2-1-3-7-15/h1-13,28H,14H2,(H,25,26). The Labute approximate surface area is 171 Å². The van der Waals surface area contributed by atoms with Crippen molar-refractivity contribution in [2.45, 2.75) is 6.42 Å². The van der Waals surface area contributed by atoms with E-state index in [0.29, 0.717) is 6.42 Å². The Bertz CT molecular complexity index is 1170. The molecule has 3 aromatic carbocycles. The molecule has 4 nitrogen and oxygen atoms in total. The lowest BCUT2D eigenvalue weighted by molar-refractivity contribution is 0.959. The largest absolute Gasteiger partial charge is 0.338 e. The van der Waals surface area contributed by atoms with Crippen LogP contribution in [0.2, 0.25) is 0 Å². The van der Waals surface area contributed by atoms with E-state index in [4.69, 9.17) is 4.98 Å². The number of nitrogens with one attached hydrogen (secondary N) is 2. The lowest BCUT2D eigenvalue weighted by atomic mass is 9.96. The van der Waals surface area contributed by atoms with Gasteiger partial charge in [0.1, 0.15) is 5.82 Å². The van der Waals surface area contributed by atoms with Crippen LogP contribution in [0.15, 0.2) is 88.4 Å². The molecule has 1 aromatic heterocycles. The fraction of sp³-hybridized carbons (Fsp3) is 0.0435. The predicted octanol–water partition coefficient (Wildman–Crippen LogP) is 5.59. The van der Waals surface area contributed by atoms with Crippen molar-refractivity contribution in [3.05, 3.63) is 100 Å². The van der Waals surface area contributed by atoms with Gasteiger partial charge in [0.2, 0.25) is 0 Å². The lowest BCUT2D eigenvalue weighted by Gasteiger charge is -2.21. The number of H-pyrrole nitrogens is 1. The van der Waals surface area contributed by atoms with Crippen LogP contribution in [0, 0.1) is 0 Å². The third-order valence-corrected chi connectivity index (χ3v) is 5.39. The first kappa shape index (κ1) is 17.0. The van der Waals surface area contributed by atoms with Gasteiger partial charge in [0.25, 0.3) is 0 Å². The van der Waals surface area contributed by atoms with Gasteiger partial charge >= 0.3 is 0 Å². The number of para-hydroxylation sites is 2. The topological polar surface area (TPSA) is 53.1 Å². The van der Waals surface area contributed by atoms with Crippen LogP contribution < -0.4 is 5.43 Å². The average Bonchev–Trinajstić information content (AvgIpc) is 3.19. The minimum absolute atomic E-state index is 0.697. The van der Waals surface area contributed by atoms with Crippen molar-refractivity contribution in [1.29, 1.82) is 0 Å². The number of rotatable bonds is 3. The molecule has 1 aliphatic rings. The highest BCUT2D eigenvalue weighted by Gasteiger charge is 2.22. The van der Waals surface area contributed by atoms with Crippen LogP contribution in [0.4, 0.5) is 0 Å². The van der Waals surface area contributed by atoms with E-state index < -0.39 is 0 Å². The number of hydrogen-bond donors (Lipinski definition) is 2. The Morgan fingerprint density at radius 3 is 2.32 bits per heavy atom. The summed E-state index contributed by atoms with van der Waals surface area (Å²) in [6, 6.07) is 26.6. The minimum atomic E-state index is 0.697. The van der Waals surface area contributed by atoms with Crippen LogP contribution in [-0.2, 0) is 0 Å². The molecule has 0 spiro atoms. The summed E-state index contributed by atoms with van der Waals surface area (Å²) in [5, 5.41) is 4.66. The fourth-order valence-corrected chi connectivity index (χ4v) is 3.70. The zero-order chi connectivity index (χ0) is 18.9. The second kappa shape index (κ2) is 7.09. The van der Waals surface area contributed by atoms with Gasteiger partial charge in [-0.25, -0.2) is 4.98 Å². The summed E-state index contributed by atoms with van der Waals surface area (Å²) in [5.74, 6) is 0.870. The van der Waals surface area contributed by atoms with Crippen molar-refractivity contribution in [3.8, 4) is 0 Å². The Hall–Kier alpha value is -3.18. The first-order valence-corrected chi connectivity index (χ1v) is 9.89. The Morgan fingerprint density at radius 2 is 1.54 bits per heavy atom. The maximum atomic E-state index is 4.84. The molecular weight excluding hydrogens is 412 g/mol. The molecule has 28 heavy (non-hydrogen) atoms. The van der Waals surface area contributed by atoms with Gasteiger partial charge in [-0.2, -0.15) is 5.10 Å². The van der Waals surface area contributed by atoms with E-state index >= 15 is 0 Å². The molecule has 0 radical (unpaired) electrons. The van der Waals surface area contributed by atoms with E-state index in [1.54, 1.807) is 0 Å². The maximum Gasteiger partial charge on any atom is 0.136 e. The third-order valence-electron chi connectivity index (χ3n) is 4.86. The number of aromatic nitrogens is 2. The molecule has 0 aliphatic carbocycles. The number of hydrogen-bond acceptors (Lipinski definition) is 3. The first-order valence-electron chi connectivity index (χ1n) is 9.10. The Balaban J connectivity index is 1.63. The number of benzene rings is 3. The van der Waals surface area contributed by atoms with E-state index in [0.717, 1.165) is 49.4 Å². The summed E-state index contributed by atoms with van der Waals surface area (Å²) in [4.78, 5) is 8.32. The van der Waals surface area contributed by atoms with E-state index in [2.05, 4.69) is 55.7 Å². The Kier molecular flexibility index (Phi) is 4.29. The van der Waals surface area contributed by atoms with E-state index in [1.807, 2.05) is 54.6 Å². The van der Waals surface area contributed by atoms with E-state index in [1.165, 1.54) is 0 Å². The molecule has 0 unspecified atom stereocenters. The number of fused-ring (bicyclic) bond motifs is 1. The predicted molar refractivity (Wildman–Crippen MR) is 118 cm³/mol. The smallest absolute Gasteiger partial charge is 0.136 e. The van der Waals surface area contributed by atoms with Gasteiger partial charge in [-0.05, 0) is 35.4 Å². The van der Waals surface area contributed by atoms with Crippen LogP contribution >= 0.6 is 15.9 Å². The van der Waals surface area contributed by atoms with Crippen molar-refractivity contribution in [2.24, 2.45) is 5.10 Å². The van der Waals surface area contributed by atoms with Crippen LogP contribution in [-0.4, -0.2) is 15.7 Å². The van der Waals surface area contributed by atoms with Gasteiger partial charge in [0, 0.05) is 16.5 Å². The molecule has 0 saturated heterocycles. The molecule has 2 heterocycles. The summed E-state index contributed by atoms with van der Waals surface area (Å²) in [5.41, 5.74) is 10.5. The van der Waals surface area contributed by atoms with Gasteiger partial charge in [-0.3, -0.25) is 5.43 Å². The molecule has 4 aromatic rings. The summed E-state index contributed by atoms with van der Waals surface area (Å²) in [7, 11) is 0. The third kappa shape index (κ3) is 3.14. The van der Waals surface area contributed by atoms with Crippen molar-refractivity contribution in [3.63, 3.8) is 0 Å². The quantitative estimate of drug-likeness (QED) is 0.446. The highest BCUT2D eigenvalue weighted by molar-refractivity contribution is 9.10. The van der Waals surface area contributed by atoms with E-state index in [-0.39, 0.29) is 0 Å². The molecule has 0 amide bonds. The minimum Gasteiger partial charge on any atom is -0.338 e. The number of aromatic amines is 1. The fourth-order valence-electron chi connectivity index (χ4n) is 3.44. The van der Waals surface area contributed by atoms with Crippen LogP contribution in [0.25, 0.3) is 22.3 Å². The molecule has 0 fully saturated rings. The molecular formula is C23H17BrN4. The highest BCUT2D eigenvalue weighted by Crippen LogP contribution is 2.32. The van der Waals surface area contributed by atoms with Gasteiger partial charge in [-0.15, -0.1) is 0 Å². The number of nitrogens with zero attached hydrogens (tertiary/aromatic N) is 2. The molecule has 1 aliphatic heterocycles.